The molecule has 1 aliphatic heterocycles. The number of nitrogens with zero attached hydrogens (tertiary/aromatic N) is 3. The summed E-state index contributed by atoms with van der Waals surface area (Å²) in [5, 5.41) is 19.2. The van der Waals surface area contributed by atoms with E-state index in [2.05, 4.69) is 14.9 Å². The zero-order valence-electron chi connectivity index (χ0n) is 11.1. The minimum absolute atomic E-state index is 0.0270. The Balaban J connectivity index is 2.14. The highest BCUT2D eigenvalue weighted by molar-refractivity contribution is 5.33. The fraction of sp³-hybridized carbons (Fsp3) is 0.692. The Kier molecular flexibility index (Phi) is 3.82. The van der Waals surface area contributed by atoms with Crippen LogP contribution in [-0.4, -0.2) is 38.9 Å². The third-order valence-electron chi connectivity index (χ3n) is 3.59. The third-order valence-corrected chi connectivity index (χ3v) is 3.59. The SMILES string of the molecule is Cc1nc(N2CCCC(C)(O)CC2)ncc1CO. The van der Waals surface area contributed by atoms with Crippen LogP contribution in [0.3, 0.4) is 0 Å². The molecular weight excluding hydrogens is 230 g/mol. The molecule has 100 valence electrons. The summed E-state index contributed by atoms with van der Waals surface area (Å²) in [5.41, 5.74) is 1.01. The van der Waals surface area contributed by atoms with Crippen LogP contribution in [0.5, 0.6) is 0 Å². The first-order chi connectivity index (χ1) is 8.52. The normalized spacial score (nSPS) is 25.0. The van der Waals surface area contributed by atoms with Gasteiger partial charge < -0.3 is 15.1 Å². The molecule has 2 N–H and O–H groups in total. The quantitative estimate of drug-likeness (QED) is 0.821. The zero-order valence-corrected chi connectivity index (χ0v) is 11.1. The lowest BCUT2D eigenvalue weighted by Crippen LogP contribution is -2.29. The summed E-state index contributed by atoms with van der Waals surface area (Å²) in [5.74, 6) is 0.697. The van der Waals surface area contributed by atoms with Crippen LogP contribution in [0, 0.1) is 6.92 Å². The molecule has 2 heterocycles. The van der Waals surface area contributed by atoms with Crippen LogP contribution in [0.1, 0.15) is 37.4 Å². The number of anilines is 1. The van der Waals surface area contributed by atoms with Gasteiger partial charge in [0.2, 0.25) is 5.95 Å². The number of hydrogen-bond donors (Lipinski definition) is 2. The van der Waals surface area contributed by atoms with Crippen molar-refractivity contribution in [1.29, 1.82) is 0 Å². The van der Waals surface area contributed by atoms with Gasteiger partial charge in [0.15, 0.2) is 0 Å². The van der Waals surface area contributed by atoms with Crippen molar-refractivity contribution in [2.45, 2.75) is 45.3 Å². The number of aromatic nitrogens is 2. The van der Waals surface area contributed by atoms with E-state index in [0.29, 0.717) is 5.95 Å². The largest absolute Gasteiger partial charge is 0.392 e. The van der Waals surface area contributed by atoms with Crippen LogP contribution in [-0.2, 0) is 6.61 Å². The van der Waals surface area contributed by atoms with Crippen molar-refractivity contribution in [3.63, 3.8) is 0 Å². The van der Waals surface area contributed by atoms with Gasteiger partial charge in [0.25, 0.3) is 0 Å². The zero-order chi connectivity index (χ0) is 13.2. The molecule has 5 nitrogen and oxygen atoms in total. The van der Waals surface area contributed by atoms with Crippen molar-refractivity contribution in [1.82, 2.24) is 9.97 Å². The number of hydrogen-bond acceptors (Lipinski definition) is 5. The van der Waals surface area contributed by atoms with Crippen molar-refractivity contribution in [3.8, 4) is 0 Å². The van der Waals surface area contributed by atoms with Crippen LogP contribution in [0.15, 0.2) is 6.20 Å². The first-order valence-electron chi connectivity index (χ1n) is 6.42. The fourth-order valence-electron chi connectivity index (χ4n) is 2.25. The predicted octanol–water partition coefficient (Wildman–Crippen LogP) is 1.02. The Morgan fingerprint density at radius 2 is 2.17 bits per heavy atom. The molecule has 0 amide bonds. The van der Waals surface area contributed by atoms with Gasteiger partial charge in [0.05, 0.1) is 12.2 Å². The van der Waals surface area contributed by atoms with E-state index >= 15 is 0 Å². The van der Waals surface area contributed by atoms with E-state index in [1.807, 2.05) is 13.8 Å². The monoisotopic (exact) mass is 251 g/mol. The lowest BCUT2D eigenvalue weighted by Gasteiger charge is -2.22. The van der Waals surface area contributed by atoms with Gasteiger partial charge in [0.1, 0.15) is 0 Å². The maximum Gasteiger partial charge on any atom is 0.225 e. The van der Waals surface area contributed by atoms with Gasteiger partial charge in [-0.05, 0) is 33.1 Å². The van der Waals surface area contributed by atoms with Crippen molar-refractivity contribution in [2.75, 3.05) is 18.0 Å². The second-order valence-electron chi connectivity index (χ2n) is 5.28. The molecule has 1 atom stereocenters. The van der Waals surface area contributed by atoms with Crippen LogP contribution >= 0.6 is 0 Å². The Morgan fingerprint density at radius 3 is 2.83 bits per heavy atom. The Bertz CT molecular complexity index is 421. The van der Waals surface area contributed by atoms with Gasteiger partial charge in [-0.2, -0.15) is 0 Å². The lowest BCUT2D eigenvalue weighted by molar-refractivity contribution is 0.0481. The molecule has 1 saturated heterocycles. The van der Waals surface area contributed by atoms with Crippen LogP contribution in [0.25, 0.3) is 0 Å². The van der Waals surface area contributed by atoms with Crippen molar-refractivity contribution >= 4 is 5.95 Å². The third kappa shape index (κ3) is 2.97. The molecule has 1 aliphatic rings. The molecular formula is C13H21N3O2. The summed E-state index contributed by atoms with van der Waals surface area (Å²) < 4.78 is 0. The van der Waals surface area contributed by atoms with Crippen LogP contribution in [0.4, 0.5) is 5.95 Å². The van der Waals surface area contributed by atoms with E-state index in [4.69, 9.17) is 5.11 Å². The molecule has 2 rings (SSSR count). The molecule has 0 spiro atoms. The maximum absolute atomic E-state index is 10.1. The molecule has 5 heteroatoms. The smallest absolute Gasteiger partial charge is 0.225 e. The van der Waals surface area contributed by atoms with Gasteiger partial charge in [-0.25, -0.2) is 9.97 Å². The van der Waals surface area contributed by atoms with E-state index in [-0.39, 0.29) is 6.61 Å². The molecule has 18 heavy (non-hydrogen) atoms. The van der Waals surface area contributed by atoms with Gasteiger partial charge in [-0.3, -0.25) is 0 Å². The molecule has 0 saturated carbocycles. The number of aliphatic hydroxyl groups excluding tert-OH is 1. The molecule has 1 aromatic heterocycles. The molecule has 1 aromatic rings. The van der Waals surface area contributed by atoms with Gasteiger partial charge in [-0.15, -0.1) is 0 Å². The minimum Gasteiger partial charge on any atom is -0.392 e. The highest BCUT2D eigenvalue weighted by Crippen LogP contribution is 2.23. The van der Waals surface area contributed by atoms with E-state index in [1.54, 1.807) is 6.20 Å². The predicted molar refractivity (Wildman–Crippen MR) is 69.4 cm³/mol. The summed E-state index contributed by atoms with van der Waals surface area (Å²) in [4.78, 5) is 10.8. The summed E-state index contributed by atoms with van der Waals surface area (Å²) >= 11 is 0. The molecule has 0 bridgehead atoms. The van der Waals surface area contributed by atoms with Gasteiger partial charge >= 0.3 is 0 Å². The molecule has 0 radical (unpaired) electrons. The minimum atomic E-state index is -0.575. The highest BCUT2D eigenvalue weighted by atomic mass is 16.3. The van der Waals surface area contributed by atoms with E-state index in [1.165, 1.54) is 0 Å². The summed E-state index contributed by atoms with van der Waals surface area (Å²) in [6, 6.07) is 0. The maximum atomic E-state index is 10.1. The number of aliphatic hydroxyl groups is 2. The summed E-state index contributed by atoms with van der Waals surface area (Å²) in [6.45, 7) is 5.38. The molecule has 0 aromatic carbocycles. The first-order valence-corrected chi connectivity index (χ1v) is 6.42. The Morgan fingerprint density at radius 1 is 1.39 bits per heavy atom. The van der Waals surface area contributed by atoms with Crippen molar-refractivity contribution in [2.24, 2.45) is 0 Å². The number of aryl methyl sites for hydroxylation is 1. The molecule has 1 unspecified atom stereocenters. The Hall–Kier alpha value is -1.20. The van der Waals surface area contributed by atoms with Crippen molar-refractivity contribution < 1.29 is 10.2 Å². The van der Waals surface area contributed by atoms with E-state index in [0.717, 1.165) is 43.6 Å². The lowest BCUT2D eigenvalue weighted by atomic mass is 9.98. The topological polar surface area (TPSA) is 69.5 Å². The Labute approximate surface area is 107 Å². The van der Waals surface area contributed by atoms with Crippen LogP contribution in [0.2, 0.25) is 0 Å². The van der Waals surface area contributed by atoms with Crippen molar-refractivity contribution in [3.05, 3.63) is 17.5 Å². The number of rotatable bonds is 2. The van der Waals surface area contributed by atoms with E-state index < -0.39 is 5.60 Å². The highest BCUT2D eigenvalue weighted by Gasteiger charge is 2.26. The standard InChI is InChI=1S/C13H21N3O2/c1-10-11(9-17)8-14-12(15-10)16-6-3-4-13(2,18)5-7-16/h8,17-18H,3-7,9H2,1-2H3. The second-order valence-corrected chi connectivity index (χ2v) is 5.28. The molecule has 1 fully saturated rings. The fourth-order valence-corrected chi connectivity index (χ4v) is 2.25. The average molecular weight is 251 g/mol. The first kappa shape index (κ1) is 13.2. The second kappa shape index (κ2) is 5.20. The van der Waals surface area contributed by atoms with Gasteiger partial charge in [-0.1, -0.05) is 0 Å². The molecule has 0 aliphatic carbocycles. The summed E-state index contributed by atoms with van der Waals surface area (Å²) in [7, 11) is 0. The van der Waals surface area contributed by atoms with Gasteiger partial charge in [0, 0.05) is 30.5 Å². The van der Waals surface area contributed by atoms with Crippen LogP contribution < -0.4 is 4.90 Å². The average Bonchev–Trinajstić information content (AvgIpc) is 2.50. The summed E-state index contributed by atoms with van der Waals surface area (Å²) in [6.07, 6.45) is 4.17. The van der Waals surface area contributed by atoms with E-state index in [9.17, 15) is 5.11 Å².